The van der Waals surface area contributed by atoms with E-state index in [1.807, 2.05) is 42.6 Å². The molecular formula is C36H25N3O3. The third-order valence-corrected chi connectivity index (χ3v) is 8.72. The highest BCUT2D eigenvalue weighted by Gasteiger charge is 2.34. The zero-order chi connectivity index (χ0) is 28.4. The molecule has 202 valence electrons. The quantitative estimate of drug-likeness (QED) is 0.262. The molecule has 0 unspecified atom stereocenters. The van der Waals surface area contributed by atoms with E-state index in [-0.39, 0.29) is 11.6 Å². The summed E-state index contributed by atoms with van der Waals surface area (Å²) in [5, 5.41) is 8.64. The Morgan fingerprint density at radius 3 is 2.38 bits per heavy atom. The van der Waals surface area contributed by atoms with Gasteiger partial charge in [-0.2, -0.15) is 0 Å². The molecule has 0 radical (unpaired) electrons. The van der Waals surface area contributed by atoms with Crippen LogP contribution in [0.25, 0.3) is 33.7 Å². The minimum absolute atomic E-state index is 0.108. The van der Waals surface area contributed by atoms with Gasteiger partial charge in [-0.15, -0.1) is 5.10 Å². The van der Waals surface area contributed by atoms with Gasteiger partial charge in [-0.1, -0.05) is 59.0 Å². The van der Waals surface area contributed by atoms with Crippen molar-refractivity contribution in [1.29, 1.82) is 0 Å². The van der Waals surface area contributed by atoms with Crippen molar-refractivity contribution in [3.63, 3.8) is 0 Å². The second-order valence-electron chi connectivity index (χ2n) is 10.9. The van der Waals surface area contributed by atoms with Crippen LogP contribution in [0.2, 0.25) is 0 Å². The number of aryl methyl sites for hydroxylation is 1. The minimum atomic E-state index is -0.120. The number of carbonyl (C=O) groups is 2. The smallest absolute Gasteiger partial charge is 0.187 e. The number of ketones is 2. The number of aromatic nitrogens is 3. The van der Waals surface area contributed by atoms with Crippen LogP contribution < -0.4 is 4.74 Å². The van der Waals surface area contributed by atoms with Crippen LogP contribution in [-0.4, -0.2) is 33.7 Å². The number of fused-ring (bicyclic) bond motifs is 6. The molecule has 4 aliphatic carbocycles. The maximum atomic E-state index is 13.3. The molecule has 3 aromatic carbocycles. The van der Waals surface area contributed by atoms with E-state index in [4.69, 9.17) is 4.74 Å². The molecule has 1 aromatic heterocycles. The van der Waals surface area contributed by atoms with Gasteiger partial charge in [-0.25, -0.2) is 4.68 Å². The van der Waals surface area contributed by atoms with Crippen LogP contribution in [0.15, 0.2) is 96.4 Å². The first-order chi connectivity index (χ1) is 20.6. The molecule has 8 rings (SSSR count). The number of benzene rings is 3. The van der Waals surface area contributed by atoms with Crippen LogP contribution >= 0.6 is 0 Å². The maximum absolute atomic E-state index is 13.3. The summed E-state index contributed by atoms with van der Waals surface area (Å²) < 4.78 is 7.58. The molecule has 6 heteroatoms. The number of hydrogen-bond donors (Lipinski definition) is 0. The first-order valence-electron chi connectivity index (χ1n) is 14.1. The fraction of sp³-hybridized carbons (Fsp3) is 0.139. The van der Waals surface area contributed by atoms with Gasteiger partial charge in [0.15, 0.2) is 11.6 Å². The SMILES string of the molecule is COc1ccc(-c2ccc(-c3cn(C4=C=CC=C4)nn3)cc2)c2c1CCC1=C2c2c(ccc3c2C(=O)C=CC3=O)CC1. The molecular weight excluding hydrogens is 522 g/mol. The van der Waals surface area contributed by atoms with Gasteiger partial charge in [-0.05, 0) is 95.5 Å². The van der Waals surface area contributed by atoms with Gasteiger partial charge >= 0.3 is 0 Å². The van der Waals surface area contributed by atoms with Crippen LogP contribution in [0, 0.1) is 0 Å². The summed E-state index contributed by atoms with van der Waals surface area (Å²) in [6.45, 7) is 0. The first kappa shape index (κ1) is 24.5. The summed E-state index contributed by atoms with van der Waals surface area (Å²) in [6.07, 6.45) is 14.0. The predicted molar refractivity (Wildman–Crippen MR) is 161 cm³/mol. The molecule has 0 atom stereocenters. The lowest BCUT2D eigenvalue weighted by molar-refractivity contribution is 0.0994. The molecule has 42 heavy (non-hydrogen) atoms. The van der Waals surface area contributed by atoms with Crippen molar-refractivity contribution in [1.82, 2.24) is 15.0 Å². The third kappa shape index (κ3) is 3.66. The summed E-state index contributed by atoms with van der Waals surface area (Å²) in [7, 11) is 1.71. The van der Waals surface area contributed by atoms with E-state index >= 15 is 0 Å². The van der Waals surface area contributed by atoms with E-state index in [2.05, 4.69) is 46.4 Å². The lowest BCUT2D eigenvalue weighted by Crippen LogP contribution is -2.21. The zero-order valence-corrected chi connectivity index (χ0v) is 23.0. The van der Waals surface area contributed by atoms with Crippen molar-refractivity contribution in [3.8, 4) is 28.1 Å². The van der Waals surface area contributed by atoms with E-state index in [0.29, 0.717) is 11.1 Å². The number of carbonyl (C=O) groups excluding carboxylic acids is 2. The summed E-state index contributed by atoms with van der Waals surface area (Å²) in [5.74, 6) is 0.617. The standard InChI is InChI=1S/C36H25N3O3/c1-42-32-19-16-26(21-6-8-22(9-7-21)29-20-39(38-37-29)25-4-2-3-5-25)35-28(32)15-13-23-10-11-24-12-14-27-30(40)17-18-31(41)36(27)34(24)33(23)35/h2-4,6-9,12,14,16-20H,10-11,13,15H2,1H3. The van der Waals surface area contributed by atoms with Crippen molar-refractivity contribution in [2.75, 3.05) is 7.11 Å². The first-order valence-corrected chi connectivity index (χ1v) is 14.1. The van der Waals surface area contributed by atoms with E-state index in [0.717, 1.165) is 87.3 Å². The van der Waals surface area contributed by atoms with Crippen molar-refractivity contribution in [2.45, 2.75) is 25.7 Å². The fourth-order valence-corrected chi connectivity index (χ4v) is 6.73. The fourth-order valence-electron chi connectivity index (χ4n) is 6.73. The van der Waals surface area contributed by atoms with E-state index < -0.39 is 0 Å². The highest BCUT2D eigenvalue weighted by Crippen LogP contribution is 2.50. The van der Waals surface area contributed by atoms with Crippen LogP contribution in [-0.2, 0) is 12.8 Å². The molecule has 1 heterocycles. The van der Waals surface area contributed by atoms with E-state index in [1.165, 1.54) is 17.7 Å². The van der Waals surface area contributed by atoms with Crippen LogP contribution in [0.4, 0.5) is 0 Å². The second kappa shape index (κ2) is 9.37. The third-order valence-electron chi connectivity index (χ3n) is 8.72. The van der Waals surface area contributed by atoms with Crippen molar-refractivity contribution < 1.29 is 14.3 Å². The summed E-state index contributed by atoms with van der Waals surface area (Å²) in [5.41, 5.74) is 15.6. The number of nitrogens with zero attached hydrogens (tertiary/aromatic N) is 3. The molecule has 4 aliphatic rings. The average molecular weight is 548 g/mol. The van der Waals surface area contributed by atoms with Gasteiger partial charge in [0.05, 0.1) is 13.3 Å². The van der Waals surface area contributed by atoms with Gasteiger partial charge in [0, 0.05) is 22.3 Å². The van der Waals surface area contributed by atoms with Gasteiger partial charge in [0.2, 0.25) is 0 Å². The van der Waals surface area contributed by atoms with E-state index in [9.17, 15) is 9.59 Å². The van der Waals surface area contributed by atoms with Crippen molar-refractivity contribution in [2.24, 2.45) is 0 Å². The largest absolute Gasteiger partial charge is 0.496 e. The average Bonchev–Trinajstić information content (AvgIpc) is 3.75. The van der Waals surface area contributed by atoms with Gasteiger partial charge in [0.1, 0.15) is 17.1 Å². The van der Waals surface area contributed by atoms with Crippen molar-refractivity contribution in [3.05, 3.63) is 130 Å². The second-order valence-corrected chi connectivity index (χ2v) is 10.9. The number of allylic oxidation sites excluding steroid dienone is 6. The molecule has 0 aliphatic heterocycles. The maximum Gasteiger partial charge on any atom is 0.187 e. The Hall–Kier alpha value is -5.32. The molecule has 0 saturated carbocycles. The molecule has 0 saturated heterocycles. The van der Waals surface area contributed by atoms with Gasteiger partial charge < -0.3 is 4.74 Å². The Kier molecular flexibility index (Phi) is 5.46. The topological polar surface area (TPSA) is 74.1 Å². The Morgan fingerprint density at radius 1 is 0.786 bits per heavy atom. The zero-order valence-electron chi connectivity index (χ0n) is 23.0. The predicted octanol–water partition coefficient (Wildman–Crippen LogP) is 6.82. The Bertz CT molecular complexity index is 2030. The molecule has 0 bridgehead atoms. The van der Waals surface area contributed by atoms with E-state index in [1.54, 1.807) is 11.8 Å². The molecule has 0 amide bonds. The summed E-state index contributed by atoms with van der Waals surface area (Å²) >= 11 is 0. The summed E-state index contributed by atoms with van der Waals surface area (Å²) in [4.78, 5) is 26.2. The highest BCUT2D eigenvalue weighted by molar-refractivity contribution is 6.24. The number of ether oxygens (including phenoxy) is 1. The minimum Gasteiger partial charge on any atom is -0.496 e. The highest BCUT2D eigenvalue weighted by atomic mass is 16.5. The van der Waals surface area contributed by atoms with Crippen LogP contribution in [0.5, 0.6) is 5.75 Å². The summed E-state index contributed by atoms with van der Waals surface area (Å²) in [6, 6.07) is 16.4. The molecule has 4 aromatic rings. The Balaban J connectivity index is 1.28. The van der Waals surface area contributed by atoms with Crippen LogP contribution in [0.3, 0.4) is 0 Å². The number of methoxy groups -OCH3 is 1. The number of rotatable bonds is 4. The Labute approximate surface area is 242 Å². The molecule has 6 nitrogen and oxygen atoms in total. The normalized spacial score (nSPS) is 16.3. The van der Waals surface area contributed by atoms with Crippen LogP contribution in [0.1, 0.15) is 55.8 Å². The van der Waals surface area contributed by atoms with Gasteiger partial charge in [-0.3, -0.25) is 9.59 Å². The number of hydrogen-bond acceptors (Lipinski definition) is 5. The molecule has 0 spiro atoms. The lowest BCUT2D eigenvalue weighted by Gasteiger charge is -2.33. The van der Waals surface area contributed by atoms with Crippen molar-refractivity contribution >= 4 is 22.8 Å². The Morgan fingerprint density at radius 2 is 1.57 bits per heavy atom. The van der Waals surface area contributed by atoms with Gasteiger partial charge in [0.25, 0.3) is 0 Å². The molecule has 0 N–H and O–H groups in total. The monoisotopic (exact) mass is 547 g/mol. The lowest BCUT2D eigenvalue weighted by atomic mass is 9.70. The molecule has 0 fully saturated rings.